The molecule has 2 aromatic heterocycles. The molecule has 0 atom stereocenters. The molecule has 7 nitrogen and oxygen atoms in total. The molecule has 0 amide bonds. The molecule has 0 fully saturated rings. The average Bonchev–Trinajstić information content (AvgIpc) is 3.15. The number of benzene rings is 1. The van der Waals surface area contributed by atoms with Gasteiger partial charge in [-0.25, -0.2) is 4.98 Å². The van der Waals surface area contributed by atoms with Crippen LogP contribution in [0.3, 0.4) is 0 Å². The Bertz CT molecular complexity index is 792. The number of nitrogens with zero attached hydrogens (tertiary/aromatic N) is 4. The van der Waals surface area contributed by atoms with Gasteiger partial charge in [-0.05, 0) is 12.1 Å². The molecule has 21 heavy (non-hydrogen) atoms. The summed E-state index contributed by atoms with van der Waals surface area (Å²) >= 11 is 0. The summed E-state index contributed by atoms with van der Waals surface area (Å²) in [6.07, 6.45) is 3.53. The zero-order valence-corrected chi connectivity index (χ0v) is 11.4. The number of fused-ring (bicyclic) bond motifs is 1. The molecule has 0 saturated heterocycles. The molecule has 0 radical (unpaired) electrons. The Morgan fingerprint density at radius 3 is 3.14 bits per heavy atom. The van der Waals surface area contributed by atoms with E-state index in [2.05, 4.69) is 20.4 Å². The highest BCUT2D eigenvalue weighted by atomic mass is 16.5. The SMILES string of the molecule is Cn1ccnc1-c1noc(-c2cccc3c2OCCN3)n1. The van der Waals surface area contributed by atoms with Crippen molar-refractivity contribution in [1.29, 1.82) is 0 Å². The molecule has 1 N–H and O–H groups in total. The molecule has 0 aliphatic carbocycles. The molecular weight excluding hydrogens is 270 g/mol. The quantitative estimate of drug-likeness (QED) is 0.774. The molecule has 1 aliphatic heterocycles. The maximum atomic E-state index is 5.72. The predicted molar refractivity (Wildman–Crippen MR) is 75.9 cm³/mol. The Morgan fingerprint density at radius 1 is 1.33 bits per heavy atom. The highest BCUT2D eigenvalue weighted by Crippen LogP contribution is 2.37. The van der Waals surface area contributed by atoms with Gasteiger partial charge in [0.1, 0.15) is 6.61 Å². The Morgan fingerprint density at radius 2 is 2.29 bits per heavy atom. The van der Waals surface area contributed by atoms with Crippen LogP contribution >= 0.6 is 0 Å². The van der Waals surface area contributed by atoms with Gasteiger partial charge in [0.15, 0.2) is 11.6 Å². The van der Waals surface area contributed by atoms with Crippen molar-refractivity contribution < 1.29 is 9.26 Å². The first-order valence-corrected chi connectivity index (χ1v) is 6.64. The number of aromatic nitrogens is 4. The van der Waals surface area contributed by atoms with Gasteiger partial charge in [0, 0.05) is 26.0 Å². The molecule has 3 aromatic rings. The van der Waals surface area contributed by atoms with E-state index in [1.54, 1.807) is 6.20 Å². The van der Waals surface area contributed by atoms with Crippen LogP contribution in [0.1, 0.15) is 0 Å². The third kappa shape index (κ3) is 1.94. The highest BCUT2D eigenvalue weighted by Gasteiger charge is 2.20. The second-order valence-electron chi connectivity index (χ2n) is 4.74. The van der Waals surface area contributed by atoms with E-state index in [0.29, 0.717) is 24.1 Å². The zero-order valence-electron chi connectivity index (χ0n) is 11.4. The first-order valence-electron chi connectivity index (χ1n) is 6.64. The molecule has 1 aromatic carbocycles. The summed E-state index contributed by atoms with van der Waals surface area (Å²) in [6.45, 7) is 1.41. The first kappa shape index (κ1) is 12.0. The van der Waals surface area contributed by atoms with Crippen LogP contribution in [-0.4, -0.2) is 32.8 Å². The summed E-state index contributed by atoms with van der Waals surface area (Å²) in [4.78, 5) is 8.64. The van der Waals surface area contributed by atoms with Crippen molar-refractivity contribution in [1.82, 2.24) is 19.7 Å². The summed E-state index contributed by atoms with van der Waals surface area (Å²) in [5.41, 5.74) is 1.73. The second-order valence-corrected chi connectivity index (χ2v) is 4.74. The van der Waals surface area contributed by atoms with Crippen molar-refractivity contribution in [2.75, 3.05) is 18.5 Å². The van der Waals surface area contributed by atoms with Gasteiger partial charge in [-0.15, -0.1) is 0 Å². The number of anilines is 1. The molecule has 0 saturated carbocycles. The van der Waals surface area contributed by atoms with E-state index in [1.807, 2.05) is 36.0 Å². The highest BCUT2D eigenvalue weighted by molar-refractivity contribution is 5.75. The van der Waals surface area contributed by atoms with Gasteiger partial charge >= 0.3 is 0 Å². The van der Waals surface area contributed by atoms with Crippen LogP contribution in [-0.2, 0) is 7.05 Å². The number of hydrogen-bond acceptors (Lipinski definition) is 6. The van der Waals surface area contributed by atoms with Crippen molar-refractivity contribution in [3.05, 3.63) is 30.6 Å². The van der Waals surface area contributed by atoms with E-state index in [1.165, 1.54) is 0 Å². The van der Waals surface area contributed by atoms with E-state index < -0.39 is 0 Å². The predicted octanol–water partition coefficient (Wildman–Crippen LogP) is 1.94. The van der Waals surface area contributed by atoms with Gasteiger partial charge in [-0.2, -0.15) is 4.98 Å². The van der Waals surface area contributed by atoms with Crippen LogP contribution in [0, 0.1) is 0 Å². The lowest BCUT2D eigenvalue weighted by atomic mass is 10.1. The van der Waals surface area contributed by atoms with Gasteiger partial charge in [0.05, 0.1) is 11.3 Å². The van der Waals surface area contributed by atoms with Gasteiger partial charge in [-0.3, -0.25) is 0 Å². The fourth-order valence-electron chi connectivity index (χ4n) is 2.34. The molecule has 0 bridgehead atoms. The van der Waals surface area contributed by atoms with E-state index in [9.17, 15) is 0 Å². The van der Waals surface area contributed by atoms with Crippen molar-refractivity contribution in [3.8, 4) is 28.9 Å². The number of imidazole rings is 1. The number of ether oxygens (including phenoxy) is 1. The number of para-hydroxylation sites is 1. The van der Waals surface area contributed by atoms with Crippen molar-refractivity contribution in [2.24, 2.45) is 7.05 Å². The molecule has 3 heterocycles. The van der Waals surface area contributed by atoms with Crippen molar-refractivity contribution in [2.45, 2.75) is 0 Å². The molecular formula is C14H13N5O2. The van der Waals surface area contributed by atoms with Gasteiger partial charge in [0.25, 0.3) is 5.89 Å². The Labute approximate surface area is 120 Å². The Hall–Kier alpha value is -2.83. The van der Waals surface area contributed by atoms with E-state index in [-0.39, 0.29) is 0 Å². The molecule has 1 aliphatic rings. The minimum absolute atomic E-state index is 0.425. The van der Waals surface area contributed by atoms with Gasteiger partial charge in [-0.1, -0.05) is 11.2 Å². The topological polar surface area (TPSA) is 78.0 Å². The van der Waals surface area contributed by atoms with E-state index in [0.717, 1.165) is 23.5 Å². The number of rotatable bonds is 2. The summed E-state index contributed by atoms with van der Waals surface area (Å²) in [5, 5.41) is 7.28. The fraction of sp³-hybridized carbons (Fsp3) is 0.214. The molecule has 0 spiro atoms. The van der Waals surface area contributed by atoms with E-state index in [4.69, 9.17) is 9.26 Å². The van der Waals surface area contributed by atoms with Crippen LogP contribution in [0.25, 0.3) is 23.1 Å². The minimum atomic E-state index is 0.425. The third-order valence-corrected chi connectivity index (χ3v) is 3.36. The standard InChI is InChI=1S/C14H13N5O2/c1-19-7-5-16-13(19)12-17-14(21-18-12)9-3-2-4-10-11(9)20-8-6-15-10/h2-5,7,15H,6,8H2,1H3. The van der Waals surface area contributed by atoms with Crippen LogP contribution < -0.4 is 10.1 Å². The monoisotopic (exact) mass is 283 g/mol. The smallest absolute Gasteiger partial charge is 0.262 e. The summed E-state index contributed by atoms with van der Waals surface area (Å²) in [5.74, 6) is 2.29. The number of nitrogens with one attached hydrogen (secondary N) is 1. The Kier molecular flexibility index (Phi) is 2.63. The lowest BCUT2D eigenvalue weighted by molar-refractivity contribution is 0.322. The summed E-state index contributed by atoms with van der Waals surface area (Å²) < 4.78 is 12.9. The molecule has 0 unspecified atom stereocenters. The number of hydrogen-bond donors (Lipinski definition) is 1. The molecule has 7 heteroatoms. The largest absolute Gasteiger partial charge is 0.489 e. The van der Waals surface area contributed by atoms with Crippen LogP contribution in [0.15, 0.2) is 35.1 Å². The zero-order chi connectivity index (χ0) is 14.2. The lowest BCUT2D eigenvalue weighted by Gasteiger charge is -2.20. The normalized spacial score (nSPS) is 13.4. The first-order chi connectivity index (χ1) is 10.3. The lowest BCUT2D eigenvalue weighted by Crippen LogP contribution is -2.18. The Balaban J connectivity index is 1.78. The summed E-state index contributed by atoms with van der Waals surface area (Å²) in [7, 11) is 1.88. The van der Waals surface area contributed by atoms with Crippen molar-refractivity contribution in [3.63, 3.8) is 0 Å². The summed E-state index contributed by atoms with van der Waals surface area (Å²) in [6, 6.07) is 5.80. The third-order valence-electron chi connectivity index (χ3n) is 3.36. The second kappa shape index (κ2) is 4.62. The average molecular weight is 283 g/mol. The molecule has 106 valence electrons. The number of aryl methyl sites for hydroxylation is 1. The van der Waals surface area contributed by atoms with Crippen LogP contribution in [0.2, 0.25) is 0 Å². The van der Waals surface area contributed by atoms with E-state index >= 15 is 0 Å². The van der Waals surface area contributed by atoms with Crippen molar-refractivity contribution >= 4 is 5.69 Å². The maximum Gasteiger partial charge on any atom is 0.262 e. The van der Waals surface area contributed by atoms with Crippen LogP contribution in [0.5, 0.6) is 5.75 Å². The van der Waals surface area contributed by atoms with Crippen LogP contribution in [0.4, 0.5) is 5.69 Å². The van der Waals surface area contributed by atoms with Gasteiger partial charge < -0.3 is 19.1 Å². The fourth-order valence-corrected chi connectivity index (χ4v) is 2.34. The molecule has 4 rings (SSSR count). The minimum Gasteiger partial charge on any atom is -0.489 e. The maximum absolute atomic E-state index is 5.72. The van der Waals surface area contributed by atoms with Gasteiger partial charge in [0.2, 0.25) is 5.82 Å².